The minimum atomic E-state index is 0.593. The fourth-order valence-corrected chi connectivity index (χ4v) is 1.77. The zero-order valence-electron chi connectivity index (χ0n) is 9.66. The molecule has 1 unspecified atom stereocenters. The minimum Gasteiger partial charge on any atom is -0.370 e. The van der Waals surface area contributed by atoms with E-state index < -0.39 is 0 Å². The van der Waals surface area contributed by atoms with E-state index in [0.717, 1.165) is 31.5 Å². The summed E-state index contributed by atoms with van der Waals surface area (Å²) in [6, 6.07) is 0. The third-order valence-corrected chi connectivity index (χ3v) is 2.60. The molecule has 1 saturated heterocycles. The molecule has 0 aromatic heterocycles. The molecule has 1 fully saturated rings. The van der Waals surface area contributed by atoms with E-state index in [1.165, 1.54) is 12.8 Å². The summed E-state index contributed by atoms with van der Waals surface area (Å²) in [5, 5.41) is 0. The summed E-state index contributed by atoms with van der Waals surface area (Å²) in [6.07, 6.45) is 2.58. The lowest BCUT2D eigenvalue weighted by Gasteiger charge is -2.31. The maximum absolute atomic E-state index is 5.93. The van der Waals surface area contributed by atoms with Crippen molar-refractivity contribution in [2.45, 2.75) is 33.6 Å². The van der Waals surface area contributed by atoms with Crippen LogP contribution in [0.2, 0.25) is 0 Å². The smallest absolute Gasteiger partial charge is 0.191 e. The number of aliphatic imine (C=N–C) groups is 1. The molecule has 0 aliphatic carbocycles. The molecule has 0 radical (unpaired) electrons. The van der Waals surface area contributed by atoms with E-state index >= 15 is 0 Å². The van der Waals surface area contributed by atoms with Crippen molar-refractivity contribution in [3.63, 3.8) is 0 Å². The van der Waals surface area contributed by atoms with Gasteiger partial charge < -0.3 is 10.6 Å². The summed E-state index contributed by atoms with van der Waals surface area (Å²) < 4.78 is 0. The second kappa shape index (κ2) is 5.23. The molecule has 1 rings (SSSR count). The van der Waals surface area contributed by atoms with Crippen molar-refractivity contribution in [3.05, 3.63) is 0 Å². The van der Waals surface area contributed by atoms with Crippen molar-refractivity contribution in [2.75, 3.05) is 19.6 Å². The van der Waals surface area contributed by atoms with Gasteiger partial charge in [0.05, 0.1) is 0 Å². The Bertz CT molecular complexity index is 199. The van der Waals surface area contributed by atoms with Gasteiger partial charge in [-0.2, -0.15) is 0 Å². The van der Waals surface area contributed by atoms with Crippen molar-refractivity contribution >= 4 is 5.96 Å². The molecule has 14 heavy (non-hydrogen) atoms. The highest BCUT2D eigenvalue weighted by molar-refractivity contribution is 5.78. The molecular formula is C11H23N3. The Morgan fingerprint density at radius 2 is 2.29 bits per heavy atom. The highest BCUT2D eigenvalue weighted by Gasteiger charge is 2.17. The van der Waals surface area contributed by atoms with E-state index in [0.29, 0.717) is 5.92 Å². The zero-order valence-corrected chi connectivity index (χ0v) is 9.66. The fourth-order valence-electron chi connectivity index (χ4n) is 1.77. The second-order valence-corrected chi connectivity index (χ2v) is 4.79. The van der Waals surface area contributed by atoms with Gasteiger partial charge in [0, 0.05) is 19.6 Å². The third kappa shape index (κ3) is 3.56. The molecule has 3 heteroatoms. The Morgan fingerprint density at radius 3 is 2.86 bits per heavy atom. The lowest BCUT2D eigenvalue weighted by molar-refractivity contribution is 0.270. The Morgan fingerprint density at radius 1 is 1.57 bits per heavy atom. The molecule has 0 spiro atoms. The molecule has 0 bridgehead atoms. The number of nitrogens with two attached hydrogens (primary N) is 1. The maximum atomic E-state index is 5.93. The van der Waals surface area contributed by atoms with Gasteiger partial charge in [-0.15, -0.1) is 0 Å². The monoisotopic (exact) mass is 197 g/mol. The number of rotatable bonds is 2. The Balaban J connectivity index is 2.42. The molecule has 1 atom stereocenters. The molecule has 82 valence electrons. The molecule has 2 N–H and O–H groups in total. The van der Waals surface area contributed by atoms with E-state index in [1.54, 1.807) is 0 Å². The van der Waals surface area contributed by atoms with Crippen molar-refractivity contribution < 1.29 is 0 Å². The van der Waals surface area contributed by atoms with E-state index in [4.69, 9.17) is 5.73 Å². The van der Waals surface area contributed by atoms with Crippen molar-refractivity contribution in [2.24, 2.45) is 22.6 Å². The van der Waals surface area contributed by atoms with Crippen LogP contribution in [0, 0.1) is 11.8 Å². The van der Waals surface area contributed by atoms with Crippen LogP contribution in [0.5, 0.6) is 0 Å². The quantitative estimate of drug-likeness (QED) is 0.540. The average molecular weight is 197 g/mol. The van der Waals surface area contributed by atoms with Gasteiger partial charge in [0.15, 0.2) is 5.96 Å². The largest absolute Gasteiger partial charge is 0.370 e. The molecule has 3 nitrogen and oxygen atoms in total. The molecule has 0 amide bonds. The summed E-state index contributed by atoms with van der Waals surface area (Å²) in [5.74, 6) is 2.09. The zero-order chi connectivity index (χ0) is 10.6. The van der Waals surface area contributed by atoms with Crippen LogP contribution in [0.3, 0.4) is 0 Å². The lowest BCUT2D eigenvalue weighted by atomic mass is 10.0. The van der Waals surface area contributed by atoms with Crippen LogP contribution in [0.15, 0.2) is 4.99 Å². The number of hydrogen-bond acceptors (Lipinski definition) is 1. The summed E-state index contributed by atoms with van der Waals surface area (Å²) >= 11 is 0. The van der Waals surface area contributed by atoms with Crippen LogP contribution in [0.4, 0.5) is 0 Å². The topological polar surface area (TPSA) is 41.6 Å². The fraction of sp³-hybridized carbons (Fsp3) is 0.909. The summed E-state index contributed by atoms with van der Waals surface area (Å²) in [7, 11) is 0. The van der Waals surface area contributed by atoms with Gasteiger partial charge in [-0.05, 0) is 24.7 Å². The highest BCUT2D eigenvalue weighted by Crippen LogP contribution is 2.14. The van der Waals surface area contributed by atoms with E-state index in [2.05, 4.69) is 30.7 Å². The van der Waals surface area contributed by atoms with Crippen LogP contribution >= 0.6 is 0 Å². The van der Waals surface area contributed by atoms with Crippen molar-refractivity contribution in [3.8, 4) is 0 Å². The molecule has 1 aliphatic heterocycles. The summed E-state index contributed by atoms with van der Waals surface area (Å²) in [5.41, 5.74) is 5.93. The van der Waals surface area contributed by atoms with Crippen molar-refractivity contribution in [1.82, 2.24) is 4.90 Å². The van der Waals surface area contributed by atoms with Crippen LogP contribution in [0.25, 0.3) is 0 Å². The normalized spacial score (nSPS) is 24.4. The Labute approximate surface area is 87.4 Å². The third-order valence-electron chi connectivity index (χ3n) is 2.60. The van der Waals surface area contributed by atoms with E-state index in [-0.39, 0.29) is 0 Å². The lowest BCUT2D eigenvalue weighted by Crippen LogP contribution is -2.43. The summed E-state index contributed by atoms with van der Waals surface area (Å²) in [4.78, 5) is 6.62. The molecule has 1 heterocycles. The predicted molar refractivity (Wildman–Crippen MR) is 61.3 cm³/mol. The number of piperidine rings is 1. The molecule has 0 saturated carbocycles. The van der Waals surface area contributed by atoms with Gasteiger partial charge in [-0.3, -0.25) is 4.99 Å². The number of nitrogens with zero attached hydrogens (tertiary/aromatic N) is 2. The van der Waals surface area contributed by atoms with Crippen LogP contribution in [-0.4, -0.2) is 30.5 Å². The molecule has 1 aliphatic rings. The van der Waals surface area contributed by atoms with Gasteiger partial charge >= 0.3 is 0 Å². The van der Waals surface area contributed by atoms with Gasteiger partial charge in [0.2, 0.25) is 0 Å². The standard InChI is InChI=1S/C11H23N3/c1-9(2)7-13-11(12)14-6-4-5-10(3)8-14/h9-10H,4-8H2,1-3H3,(H2,12,13). The first-order chi connectivity index (χ1) is 6.59. The van der Waals surface area contributed by atoms with E-state index in [9.17, 15) is 0 Å². The number of hydrogen-bond donors (Lipinski definition) is 1. The first-order valence-electron chi connectivity index (χ1n) is 5.64. The Kier molecular flexibility index (Phi) is 4.23. The maximum Gasteiger partial charge on any atom is 0.191 e. The number of guanidine groups is 1. The molecular weight excluding hydrogens is 174 g/mol. The molecule has 0 aromatic carbocycles. The number of likely N-dealkylation sites (tertiary alicyclic amines) is 1. The average Bonchev–Trinajstić information content (AvgIpc) is 2.14. The minimum absolute atomic E-state index is 0.593. The van der Waals surface area contributed by atoms with Gasteiger partial charge in [0.25, 0.3) is 0 Å². The van der Waals surface area contributed by atoms with Crippen LogP contribution in [0.1, 0.15) is 33.6 Å². The van der Waals surface area contributed by atoms with Crippen LogP contribution < -0.4 is 5.73 Å². The predicted octanol–water partition coefficient (Wildman–Crippen LogP) is 1.69. The first-order valence-corrected chi connectivity index (χ1v) is 5.64. The second-order valence-electron chi connectivity index (χ2n) is 4.79. The van der Waals surface area contributed by atoms with Gasteiger partial charge in [0.1, 0.15) is 0 Å². The summed E-state index contributed by atoms with van der Waals surface area (Å²) in [6.45, 7) is 9.61. The first kappa shape index (κ1) is 11.3. The van der Waals surface area contributed by atoms with Crippen LogP contribution in [-0.2, 0) is 0 Å². The SMILES string of the molecule is CC(C)CN=C(N)N1CCCC(C)C1. The van der Waals surface area contributed by atoms with Crippen molar-refractivity contribution in [1.29, 1.82) is 0 Å². The van der Waals surface area contributed by atoms with Gasteiger partial charge in [-0.1, -0.05) is 20.8 Å². The van der Waals surface area contributed by atoms with Gasteiger partial charge in [-0.25, -0.2) is 0 Å². The highest BCUT2D eigenvalue weighted by atomic mass is 15.3. The Hall–Kier alpha value is -0.730. The van der Waals surface area contributed by atoms with E-state index in [1.807, 2.05) is 0 Å². The molecule has 0 aromatic rings.